The van der Waals surface area contributed by atoms with Gasteiger partial charge in [-0.25, -0.2) is 4.39 Å². The summed E-state index contributed by atoms with van der Waals surface area (Å²) in [4.78, 5) is 0. The van der Waals surface area contributed by atoms with Crippen LogP contribution in [0.3, 0.4) is 0 Å². The lowest BCUT2D eigenvalue weighted by atomic mass is 9.83. The van der Waals surface area contributed by atoms with Gasteiger partial charge in [-0.2, -0.15) is 5.26 Å². The summed E-state index contributed by atoms with van der Waals surface area (Å²) >= 11 is 12.1. The second kappa shape index (κ2) is 6.62. The fourth-order valence-electron chi connectivity index (χ4n) is 3.11. The Kier molecular flexibility index (Phi) is 4.27. The number of aromatic nitrogens is 2. The van der Waals surface area contributed by atoms with Crippen molar-refractivity contribution in [1.82, 2.24) is 10.2 Å². The highest BCUT2D eigenvalue weighted by Crippen LogP contribution is 2.46. The summed E-state index contributed by atoms with van der Waals surface area (Å²) in [5, 5.41) is 17.5. The van der Waals surface area contributed by atoms with Crippen LogP contribution >= 0.6 is 23.2 Å². The van der Waals surface area contributed by atoms with Gasteiger partial charge in [-0.1, -0.05) is 41.4 Å². The van der Waals surface area contributed by atoms with E-state index in [0.717, 1.165) is 0 Å². The van der Waals surface area contributed by atoms with E-state index in [1.165, 1.54) is 12.1 Å². The van der Waals surface area contributed by atoms with Crippen molar-refractivity contribution in [3.05, 3.63) is 80.9 Å². The molecule has 1 aromatic heterocycles. The van der Waals surface area contributed by atoms with Crippen molar-refractivity contribution in [2.75, 3.05) is 0 Å². The van der Waals surface area contributed by atoms with Crippen molar-refractivity contribution in [3.8, 4) is 23.2 Å². The molecule has 0 radical (unpaired) electrons. The van der Waals surface area contributed by atoms with E-state index in [1.54, 1.807) is 30.3 Å². The molecule has 3 N–H and O–H groups in total. The van der Waals surface area contributed by atoms with Crippen LogP contribution in [0.4, 0.5) is 4.39 Å². The van der Waals surface area contributed by atoms with Gasteiger partial charge in [0.2, 0.25) is 11.8 Å². The Morgan fingerprint density at radius 3 is 2.56 bits per heavy atom. The summed E-state index contributed by atoms with van der Waals surface area (Å²) < 4.78 is 18.9. The van der Waals surface area contributed by atoms with Gasteiger partial charge in [0.15, 0.2) is 0 Å². The minimum absolute atomic E-state index is 0.0356. The minimum Gasteiger partial charge on any atom is -0.420 e. The standard InChI is InChI=1S/C19H11Cl2FN4O/c20-13-6-3-10(7-14(13)21)17-16-15(9-1-4-11(22)5-2-9)12(8-23)18(24)27-19(16)26-25-17/h1-7,15H,24H2,(H,25,26)/t15-/m0/s1. The zero-order valence-corrected chi connectivity index (χ0v) is 15.1. The lowest BCUT2D eigenvalue weighted by molar-refractivity contribution is 0.379. The van der Waals surface area contributed by atoms with Crippen LogP contribution in [0.2, 0.25) is 10.0 Å². The molecule has 0 saturated carbocycles. The predicted octanol–water partition coefficient (Wildman–Crippen LogP) is 4.74. The predicted molar refractivity (Wildman–Crippen MR) is 99.7 cm³/mol. The van der Waals surface area contributed by atoms with Crippen LogP contribution in [-0.4, -0.2) is 10.2 Å². The third kappa shape index (κ3) is 2.91. The SMILES string of the molecule is N#CC1=C(N)Oc2n[nH]c(-c3ccc(Cl)c(Cl)c3)c2[C@H]1c1ccc(F)cc1. The van der Waals surface area contributed by atoms with E-state index in [4.69, 9.17) is 33.7 Å². The zero-order valence-electron chi connectivity index (χ0n) is 13.6. The topological polar surface area (TPSA) is 87.7 Å². The number of hydrogen-bond acceptors (Lipinski definition) is 4. The van der Waals surface area contributed by atoms with E-state index in [-0.39, 0.29) is 23.2 Å². The van der Waals surface area contributed by atoms with Crippen molar-refractivity contribution in [2.45, 2.75) is 5.92 Å². The minimum atomic E-state index is -0.567. The first-order valence-electron chi connectivity index (χ1n) is 7.86. The summed E-state index contributed by atoms with van der Waals surface area (Å²) in [6.07, 6.45) is 0. The molecule has 0 saturated heterocycles. The number of nitrogens with one attached hydrogen (secondary N) is 1. The molecular weight excluding hydrogens is 390 g/mol. The number of fused-ring (bicyclic) bond motifs is 1. The maximum Gasteiger partial charge on any atom is 0.244 e. The monoisotopic (exact) mass is 400 g/mol. The molecule has 27 heavy (non-hydrogen) atoms. The smallest absolute Gasteiger partial charge is 0.244 e. The van der Waals surface area contributed by atoms with Crippen molar-refractivity contribution in [3.63, 3.8) is 0 Å². The van der Waals surface area contributed by atoms with E-state index in [9.17, 15) is 9.65 Å². The third-order valence-corrected chi connectivity index (χ3v) is 5.09. The summed E-state index contributed by atoms with van der Waals surface area (Å²) in [6.45, 7) is 0. The van der Waals surface area contributed by atoms with Crippen molar-refractivity contribution >= 4 is 23.2 Å². The highest BCUT2D eigenvalue weighted by molar-refractivity contribution is 6.42. The third-order valence-electron chi connectivity index (χ3n) is 4.35. The summed E-state index contributed by atoms with van der Waals surface area (Å²) in [5.41, 5.74) is 8.77. The second-order valence-electron chi connectivity index (χ2n) is 5.92. The van der Waals surface area contributed by atoms with Crippen LogP contribution in [0, 0.1) is 17.1 Å². The zero-order chi connectivity index (χ0) is 19.1. The molecule has 0 unspecified atom stereocenters. The molecule has 0 spiro atoms. The van der Waals surface area contributed by atoms with E-state index < -0.39 is 5.92 Å². The van der Waals surface area contributed by atoms with Crippen molar-refractivity contribution in [1.29, 1.82) is 5.26 Å². The second-order valence-corrected chi connectivity index (χ2v) is 6.74. The molecule has 0 bridgehead atoms. The number of rotatable bonds is 2. The van der Waals surface area contributed by atoms with Gasteiger partial charge in [0, 0.05) is 5.56 Å². The van der Waals surface area contributed by atoms with E-state index in [0.29, 0.717) is 32.4 Å². The number of allylic oxidation sites excluding steroid dienone is 1. The fourth-order valence-corrected chi connectivity index (χ4v) is 3.40. The highest BCUT2D eigenvalue weighted by atomic mass is 35.5. The lowest BCUT2D eigenvalue weighted by Crippen LogP contribution is -2.21. The number of aromatic amines is 1. The number of ether oxygens (including phenoxy) is 1. The first kappa shape index (κ1) is 17.4. The molecule has 1 aliphatic rings. The van der Waals surface area contributed by atoms with Gasteiger partial charge in [0.25, 0.3) is 0 Å². The molecule has 4 rings (SSSR count). The van der Waals surface area contributed by atoms with Crippen molar-refractivity contribution in [2.24, 2.45) is 5.73 Å². The van der Waals surface area contributed by atoms with Gasteiger partial charge in [-0.15, -0.1) is 5.10 Å². The molecule has 0 fully saturated rings. The first-order valence-corrected chi connectivity index (χ1v) is 8.62. The van der Waals surface area contributed by atoms with Gasteiger partial charge < -0.3 is 10.5 Å². The molecule has 1 aliphatic heterocycles. The molecule has 0 amide bonds. The molecule has 5 nitrogen and oxygen atoms in total. The van der Waals surface area contributed by atoms with Crippen LogP contribution in [0.5, 0.6) is 5.88 Å². The molecule has 2 heterocycles. The maximum absolute atomic E-state index is 13.4. The van der Waals surface area contributed by atoms with E-state index in [2.05, 4.69) is 16.3 Å². The maximum atomic E-state index is 13.4. The van der Waals surface area contributed by atoms with Crippen LogP contribution in [0.15, 0.2) is 53.9 Å². The Hall–Kier alpha value is -3.01. The Bertz CT molecular complexity index is 1120. The molecule has 2 aromatic carbocycles. The molecule has 134 valence electrons. The first-order chi connectivity index (χ1) is 13.0. The average Bonchev–Trinajstić information content (AvgIpc) is 3.07. The quantitative estimate of drug-likeness (QED) is 0.649. The number of nitrogens with zero attached hydrogens (tertiary/aromatic N) is 2. The average molecular weight is 401 g/mol. The van der Waals surface area contributed by atoms with Crippen molar-refractivity contribution < 1.29 is 9.13 Å². The lowest BCUT2D eigenvalue weighted by Gasteiger charge is -2.24. The Morgan fingerprint density at radius 2 is 1.89 bits per heavy atom. The Morgan fingerprint density at radius 1 is 1.15 bits per heavy atom. The van der Waals surface area contributed by atoms with Gasteiger partial charge in [0.05, 0.1) is 27.2 Å². The van der Waals surface area contributed by atoms with Gasteiger partial charge in [-0.05, 0) is 29.8 Å². The molecule has 1 atom stereocenters. The Balaban J connectivity index is 1.94. The Labute approximate surface area is 163 Å². The fraction of sp³-hybridized carbons (Fsp3) is 0.0526. The van der Waals surface area contributed by atoms with Gasteiger partial charge in [-0.3, -0.25) is 5.10 Å². The molecule has 8 heteroatoms. The highest BCUT2D eigenvalue weighted by Gasteiger charge is 2.35. The summed E-state index contributed by atoms with van der Waals surface area (Å²) in [5.74, 6) is -0.727. The van der Waals surface area contributed by atoms with Crippen LogP contribution in [0.1, 0.15) is 17.0 Å². The number of nitrogens with two attached hydrogens (primary N) is 1. The van der Waals surface area contributed by atoms with Crippen LogP contribution < -0.4 is 10.5 Å². The van der Waals surface area contributed by atoms with E-state index >= 15 is 0 Å². The van der Waals surface area contributed by atoms with Crippen LogP contribution in [-0.2, 0) is 0 Å². The number of nitriles is 1. The molecule has 0 aliphatic carbocycles. The normalized spacial score (nSPS) is 15.9. The summed E-state index contributed by atoms with van der Waals surface area (Å²) in [6, 6.07) is 13.1. The molecular formula is C19H11Cl2FN4O. The van der Waals surface area contributed by atoms with Gasteiger partial charge in [0.1, 0.15) is 17.5 Å². The summed E-state index contributed by atoms with van der Waals surface area (Å²) in [7, 11) is 0. The van der Waals surface area contributed by atoms with Gasteiger partial charge >= 0.3 is 0 Å². The number of hydrogen-bond donors (Lipinski definition) is 2. The van der Waals surface area contributed by atoms with E-state index in [1.807, 2.05) is 0 Å². The number of halogens is 3. The number of benzene rings is 2. The largest absolute Gasteiger partial charge is 0.420 e. The molecule has 3 aromatic rings. The van der Waals surface area contributed by atoms with Crippen LogP contribution in [0.25, 0.3) is 11.3 Å². The number of H-pyrrole nitrogens is 1.